The van der Waals surface area contributed by atoms with Crippen LogP contribution in [0.4, 0.5) is 13.2 Å². The van der Waals surface area contributed by atoms with Crippen molar-refractivity contribution >= 4 is 65.9 Å². The smallest absolute Gasteiger partial charge is 0.385 e. The van der Waals surface area contributed by atoms with Crippen molar-refractivity contribution in [3.05, 3.63) is 216 Å². The van der Waals surface area contributed by atoms with Crippen molar-refractivity contribution in [3.63, 3.8) is 0 Å². The minimum atomic E-state index is -4.25. The maximum Gasteiger partial charge on any atom is 0.385 e. The van der Waals surface area contributed by atoms with E-state index in [4.69, 9.17) is 18.8 Å². The molecule has 0 saturated heterocycles. The van der Waals surface area contributed by atoms with Gasteiger partial charge in [-0.25, -0.2) is 0 Å². The van der Waals surface area contributed by atoms with Crippen molar-refractivity contribution in [3.8, 4) is 45.3 Å². The van der Waals surface area contributed by atoms with E-state index in [0.717, 1.165) is 88.6 Å². The van der Waals surface area contributed by atoms with Gasteiger partial charge in [-0.1, -0.05) is 151 Å². The second-order valence-electron chi connectivity index (χ2n) is 21.8. The Morgan fingerprint density at radius 1 is 0.475 bits per heavy atom. The molecule has 0 bridgehead atoms. The van der Waals surface area contributed by atoms with Gasteiger partial charge in [0.15, 0.2) is 0 Å². The molecule has 0 aliphatic heterocycles. The molecule has 13 rings (SSSR count). The largest absolute Gasteiger partial charge is 0.501 e. The van der Waals surface area contributed by atoms with Crippen LogP contribution in [-0.2, 0) is 26.5 Å². The molecule has 0 atom stereocenters. The maximum absolute atomic E-state index is 12.8. The number of benzene rings is 9. The molecular formula is C70H59F3IrN4O2-2. The average molecular weight is 1240 g/mol. The number of halogens is 3. The van der Waals surface area contributed by atoms with Crippen LogP contribution in [0, 0.1) is 12.1 Å². The normalized spacial score (nSPS) is 12.1. The fourth-order valence-electron chi connectivity index (χ4n) is 11.3. The van der Waals surface area contributed by atoms with Crippen molar-refractivity contribution in [2.24, 2.45) is 0 Å². The maximum atomic E-state index is 12.8. The molecule has 1 radical (unpaired) electrons. The van der Waals surface area contributed by atoms with E-state index in [9.17, 15) is 13.2 Å². The third kappa shape index (κ3) is 9.83. The van der Waals surface area contributed by atoms with Gasteiger partial charge in [0.25, 0.3) is 0 Å². The number of nitrogens with zero attached hydrogens (tertiary/aromatic N) is 4. The summed E-state index contributed by atoms with van der Waals surface area (Å²) in [5, 5.41) is 4.44. The van der Waals surface area contributed by atoms with Crippen LogP contribution in [0.5, 0.6) is 0 Å². The minimum absolute atomic E-state index is 0. The Morgan fingerprint density at radius 2 is 1.00 bits per heavy atom. The molecule has 0 fully saturated rings. The molecule has 403 valence electrons. The summed E-state index contributed by atoms with van der Waals surface area (Å²) in [7, 11) is 0. The zero-order valence-electron chi connectivity index (χ0n) is 45.8. The van der Waals surface area contributed by atoms with E-state index in [1.54, 1.807) is 6.07 Å². The Bertz CT molecular complexity index is 4360. The Hall–Kier alpha value is -8.04. The van der Waals surface area contributed by atoms with E-state index in [-0.39, 0.29) is 49.3 Å². The average Bonchev–Trinajstić information content (AvgIpc) is 4.31. The first kappa shape index (κ1) is 53.9. The fourth-order valence-corrected chi connectivity index (χ4v) is 11.3. The van der Waals surface area contributed by atoms with E-state index in [0.29, 0.717) is 11.4 Å². The summed E-state index contributed by atoms with van der Waals surface area (Å²) in [6.45, 7) is 17.8. The molecule has 0 aliphatic rings. The van der Waals surface area contributed by atoms with Crippen LogP contribution in [0.1, 0.15) is 107 Å². The second-order valence-corrected chi connectivity index (χ2v) is 21.8. The first-order valence-electron chi connectivity index (χ1n) is 27.2. The van der Waals surface area contributed by atoms with Crippen molar-refractivity contribution in [2.45, 2.75) is 91.7 Å². The van der Waals surface area contributed by atoms with Crippen LogP contribution in [0.25, 0.3) is 111 Å². The molecule has 0 spiro atoms. The Labute approximate surface area is 477 Å². The van der Waals surface area contributed by atoms with Gasteiger partial charge in [-0.05, 0) is 118 Å². The van der Waals surface area contributed by atoms with Crippen molar-refractivity contribution in [2.75, 3.05) is 0 Å². The first-order valence-corrected chi connectivity index (χ1v) is 27.2. The van der Waals surface area contributed by atoms with E-state index in [1.807, 2.05) is 54.6 Å². The quantitative estimate of drug-likeness (QED) is 0.128. The molecule has 0 aliphatic carbocycles. The molecule has 0 N–H and O–H groups in total. The van der Waals surface area contributed by atoms with Gasteiger partial charge in [0, 0.05) is 54.1 Å². The van der Waals surface area contributed by atoms with Crippen LogP contribution < -0.4 is 0 Å². The van der Waals surface area contributed by atoms with E-state index in [2.05, 4.69) is 180 Å². The van der Waals surface area contributed by atoms with Gasteiger partial charge >= 0.3 is 6.18 Å². The predicted octanol–water partition coefficient (Wildman–Crippen LogP) is 20.0. The van der Waals surface area contributed by atoms with Gasteiger partial charge in [-0.2, -0.15) is 13.2 Å². The van der Waals surface area contributed by atoms with Gasteiger partial charge in [0.1, 0.15) is 16.7 Å². The van der Waals surface area contributed by atoms with E-state index >= 15 is 0 Å². The molecule has 9 aromatic carbocycles. The van der Waals surface area contributed by atoms with Gasteiger partial charge in [0.05, 0.1) is 39.3 Å². The van der Waals surface area contributed by atoms with Crippen LogP contribution >= 0.6 is 0 Å². The topological polar surface area (TPSA) is 61.9 Å². The number of imidazole rings is 2. The summed E-state index contributed by atoms with van der Waals surface area (Å²) >= 11 is 0. The van der Waals surface area contributed by atoms with Gasteiger partial charge in [-0.3, -0.25) is 9.97 Å². The molecule has 0 unspecified atom stereocenters. The van der Waals surface area contributed by atoms with Crippen LogP contribution in [0.15, 0.2) is 185 Å². The van der Waals surface area contributed by atoms with Crippen LogP contribution in [-0.4, -0.2) is 25.3 Å². The predicted molar refractivity (Wildman–Crippen MR) is 317 cm³/mol. The van der Waals surface area contributed by atoms with Crippen molar-refractivity contribution in [1.29, 1.82) is 0 Å². The first-order chi connectivity index (χ1) is 38.1. The third-order valence-electron chi connectivity index (χ3n) is 15.1. The zero-order chi connectivity index (χ0) is 54.9. The number of hydrogen-bond donors (Lipinski definition) is 0. The second kappa shape index (κ2) is 21.5. The number of rotatable bonds is 10. The summed E-state index contributed by atoms with van der Waals surface area (Å²) in [6, 6.07) is 65.8. The fraction of sp³-hybridized carbons (Fsp3) is 0.200. The zero-order valence-corrected chi connectivity index (χ0v) is 48.2. The molecule has 13 aromatic rings. The Morgan fingerprint density at radius 3 is 1.59 bits per heavy atom. The molecule has 6 nitrogen and oxygen atoms in total. The summed E-state index contributed by atoms with van der Waals surface area (Å²) in [4.78, 5) is 10.1. The van der Waals surface area contributed by atoms with Gasteiger partial charge in [-0.15, -0.1) is 53.6 Å². The van der Waals surface area contributed by atoms with E-state index in [1.165, 1.54) is 45.6 Å². The number of para-hydroxylation sites is 7. The molecule has 80 heavy (non-hydrogen) atoms. The number of furan rings is 2. The SMILES string of the molecule is CC(C)c1cc(-c2ccc3c(c2)oc2ccccc23)cc(C(C)C)c1-n1c(-c2[c-]ccc3c2oc2ccccc23)nc2ccccc21.CC(C)c1cccc(C(C)C)c1-n1c(-c2[c-]cc(CC(F)(F)F)cc2)nc2ccccc21.[Ir]. The number of aromatic nitrogens is 4. The molecular weight excluding hydrogens is 1180 g/mol. The Kier molecular flexibility index (Phi) is 14.5. The summed E-state index contributed by atoms with van der Waals surface area (Å²) < 4.78 is 55.7. The van der Waals surface area contributed by atoms with Crippen molar-refractivity contribution in [1.82, 2.24) is 19.1 Å². The molecule has 4 heterocycles. The van der Waals surface area contributed by atoms with Gasteiger partial charge in [0.2, 0.25) is 0 Å². The summed E-state index contributed by atoms with van der Waals surface area (Å²) in [6.07, 6.45) is -5.21. The summed E-state index contributed by atoms with van der Waals surface area (Å²) in [5.41, 5.74) is 18.5. The molecule has 0 saturated carbocycles. The van der Waals surface area contributed by atoms with Crippen LogP contribution in [0.3, 0.4) is 0 Å². The van der Waals surface area contributed by atoms with Crippen molar-refractivity contribution < 1.29 is 42.1 Å². The third-order valence-corrected chi connectivity index (χ3v) is 15.1. The monoisotopic (exact) mass is 1240 g/mol. The Balaban J connectivity index is 0.000000180. The standard InChI is InChI=1S/C43H33N2O2.C27H26F3N2.Ir/c1-25(2)34-22-28(27-20-21-31-29-12-5-9-18-38(29)46-40(31)24-27)23-35(26(3)4)41(34)45-37-17-8-7-16-36(37)44-43(45)33-15-11-14-32-30-13-6-10-19-39(30)47-42(32)33;1-17(2)21-8-7-9-22(18(3)4)25(21)32-24-11-6-5-10-23(24)31-26(32)20-14-12-19(13-15-20)16-27(28,29)30;/h5-14,16-26H,1-4H3;5-14,17-18H,16H2,1-4H3;/q2*-1;. The molecule has 0 amide bonds. The summed E-state index contributed by atoms with van der Waals surface area (Å²) in [5.74, 6) is 2.58. The molecule has 4 aromatic heterocycles. The number of hydrogen-bond acceptors (Lipinski definition) is 4. The number of fused-ring (bicyclic) bond motifs is 8. The minimum Gasteiger partial charge on any atom is -0.501 e. The van der Waals surface area contributed by atoms with E-state index < -0.39 is 12.6 Å². The van der Waals surface area contributed by atoms with Gasteiger partial charge < -0.3 is 18.0 Å². The number of alkyl halides is 3. The molecule has 10 heteroatoms. The van der Waals surface area contributed by atoms with Crippen LogP contribution in [0.2, 0.25) is 0 Å².